The fourth-order valence-corrected chi connectivity index (χ4v) is 1.74. The van der Waals surface area contributed by atoms with Crippen molar-refractivity contribution in [1.29, 1.82) is 0 Å². The lowest BCUT2D eigenvalue weighted by Crippen LogP contribution is -2.23. The van der Waals surface area contributed by atoms with Gasteiger partial charge in [-0.2, -0.15) is 0 Å². The number of hydrogen-bond donors (Lipinski definition) is 1. The van der Waals surface area contributed by atoms with Gasteiger partial charge in [0, 0.05) is 6.42 Å². The van der Waals surface area contributed by atoms with E-state index in [-0.39, 0.29) is 6.42 Å². The topological polar surface area (TPSA) is 86.7 Å². The van der Waals surface area contributed by atoms with Crippen LogP contribution >= 0.6 is 0 Å². The van der Waals surface area contributed by atoms with E-state index in [1.807, 2.05) is 6.92 Å². The van der Waals surface area contributed by atoms with Crippen LogP contribution in [-0.2, 0) is 14.6 Å². The Bertz CT molecular complexity index is 236. The normalized spacial score (nSPS) is 16.6. The first-order valence-electron chi connectivity index (χ1n) is 4.71. The first kappa shape index (κ1) is 13.8. The minimum atomic E-state index is -4.66. The maximum absolute atomic E-state index is 10.3. The fourth-order valence-electron chi connectivity index (χ4n) is 1.20. The van der Waals surface area contributed by atoms with Crippen molar-refractivity contribution in [1.82, 2.24) is 0 Å². The van der Waals surface area contributed by atoms with Gasteiger partial charge in [-0.1, -0.05) is 20.3 Å². The third kappa shape index (κ3) is 7.25. The Kier molecular flexibility index (Phi) is 6.26. The van der Waals surface area contributed by atoms with Crippen LogP contribution in [0.2, 0.25) is 0 Å². The molecule has 0 aliphatic heterocycles. The highest BCUT2D eigenvalue weighted by molar-refractivity contribution is 7.80. The van der Waals surface area contributed by atoms with Gasteiger partial charge in [0.2, 0.25) is 10.4 Å². The molecule has 14 heavy (non-hydrogen) atoms. The van der Waals surface area contributed by atoms with Crippen molar-refractivity contribution >= 4 is 10.4 Å². The van der Waals surface area contributed by atoms with Gasteiger partial charge in [-0.15, -0.1) is 0 Å². The molecule has 0 aromatic carbocycles. The smallest absolute Gasteiger partial charge is 0.217 e. The summed E-state index contributed by atoms with van der Waals surface area (Å²) in [5, 5.41) is 9.37. The molecule has 0 aromatic rings. The van der Waals surface area contributed by atoms with Crippen molar-refractivity contribution in [2.24, 2.45) is 0 Å². The zero-order valence-corrected chi connectivity index (χ0v) is 9.29. The summed E-state index contributed by atoms with van der Waals surface area (Å²) in [5.74, 6) is 0. The molecule has 0 bridgehead atoms. The van der Waals surface area contributed by atoms with Gasteiger partial charge in [-0.05, 0) is 12.8 Å². The van der Waals surface area contributed by atoms with E-state index < -0.39 is 22.6 Å². The van der Waals surface area contributed by atoms with Crippen molar-refractivity contribution in [2.45, 2.75) is 51.7 Å². The van der Waals surface area contributed by atoms with E-state index in [1.165, 1.54) is 0 Å². The van der Waals surface area contributed by atoms with Gasteiger partial charge in [-0.25, -0.2) is 8.42 Å². The molecular formula is C8H17O5S-. The standard InChI is InChI=1S/C8H18O5S/c1-3-5-7(9)6-8(4-2)13-14(10,11)12/h7-9H,3-6H2,1-2H3,(H,10,11,12)/p-1. The second-order valence-corrected chi connectivity index (χ2v) is 4.22. The van der Waals surface area contributed by atoms with Gasteiger partial charge < -0.3 is 9.66 Å². The molecule has 0 heterocycles. The molecule has 0 fully saturated rings. The maximum atomic E-state index is 10.3. The molecule has 0 saturated heterocycles. The monoisotopic (exact) mass is 225 g/mol. The summed E-state index contributed by atoms with van der Waals surface area (Å²) in [7, 11) is -4.66. The van der Waals surface area contributed by atoms with Crippen molar-refractivity contribution in [3.63, 3.8) is 0 Å². The largest absolute Gasteiger partial charge is 0.726 e. The molecule has 86 valence electrons. The number of hydrogen-bond acceptors (Lipinski definition) is 5. The van der Waals surface area contributed by atoms with E-state index >= 15 is 0 Å². The predicted molar refractivity (Wildman–Crippen MR) is 50.4 cm³/mol. The Morgan fingerprint density at radius 2 is 2.00 bits per heavy atom. The van der Waals surface area contributed by atoms with Crippen LogP contribution in [-0.4, -0.2) is 30.3 Å². The van der Waals surface area contributed by atoms with Gasteiger partial charge in [0.25, 0.3) is 0 Å². The van der Waals surface area contributed by atoms with Crippen molar-refractivity contribution in [3.05, 3.63) is 0 Å². The summed E-state index contributed by atoms with van der Waals surface area (Å²) < 4.78 is 35.1. The average Bonchev–Trinajstić information content (AvgIpc) is 2.01. The van der Waals surface area contributed by atoms with E-state index in [0.717, 1.165) is 6.42 Å². The van der Waals surface area contributed by atoms with Crippen LogP contribution in [0.4, 0.5) is 0 Å². The second kappa shape index (κ2) is 6.34. The van der Waals surface area contributed by atoms with Crippen molar-refractivity contribution < 1.29 is 22.3 Å². The van der Waals surface area contributed by atoms with Crippen molar-refractivity contribution in [2.75, 3.05) is 0 Å². The van der Waals surface area contributed by atoms with Gasteiger partial charge in [0.05, 0.1) is 12.2 Å². The highest BCUT2D eigenvalue weighted by Crippen LogP contribution is 2.12. The Balaban J connectivity index is 4.03. The van der Waals surface area contributed by atoms with E-state index in [1.54, 1.807) is 6.92 Å². The predicted octanol–water partition coefficient (Wildman–Crippen LogP) is 0.793. The van der Waals surface area contributed by atoms with Gasteiger partial charge in [0.15, 0.2) is 0 Å². The Morgan fingerprint density at radius 1 is 1.43 bits per heavy atom. The molecule has 0 rings (SSSR count). The molecule has 5 nitrogen and oxygen atoms in total. The molecule has 0 radical (unpaired) electrons. The first-order chi connectivity index (χ1) is 6.39. The molecule has 2 unspecified atom stereocenters. The van der Waals surface area contributed by atoms with E-state index in [0.29, 0.717) is 12.8 Å². The molecule has 2 atom stereocenters. The summed E-state index contributed by atoms with van der Waals surface area (Å²) in [5.41, 5.74) is 0. The minimum absolute atomic E-state index is 0.186. The van der Waals surface area contributed by atoms with Crippen LogP contribution in [0.25, 0.3) is 0 Å². The molecule has 0 saturated carbocycles. The van der Waals surface area contributed by atoms with Gasteiger partial charge in [-0.3, -0.25) is 4.18 Å². The summed E-state index contributed by atoms with van der Waals surface area (Å²) in [6, 6.07) is 0. The number of rotatable bonds is 7. The van der Waals surface area contributed by atoms with E-state index in [9.17, 15) is 18.1 Å². The van der Waals surface area contributed by atoms with Gasteiger partial charge in [0.1, 0.15) is 0 Å². The Hall–Kier alpha value is -0.170. The fraction of sp³-hybridized carbons (Fsp3) is 1.00. The van der Waals surface area contributed by atoms with E-state index in [4.69, 9.17) is 0 Å². The SMILES string of the molecule is CCCC(O)CC(CC)OS(=O)(=O)[O-]. The van der Waals surface area contributed by atoms with E-state index in [2.05, 4.69) is 4.18 Å². The second-order valence-electron chi connectivity index (χ2n) is 3.21. The summed E-state index contributed by atoms with van der Waals surface area (Å²) in [6.45, 7) is 3.61. The highest BCUT2D eigenvalue weighted by atomic mass is 32.3. The highest BCUT2D eigenvalue weighted by Gasteiger charge is 2.15. The minimum Gasteiger partial charge on any atom is -0.726 e. The third-order valence-electron chi connectivity index (χ3n) is 1.87. The molecule has 0 aliphatic rings. The average molecular weight is 225 g/mol. The van der Waals surface area contributed by atoms with Crippen LogP contribution in [0.1, 0.15) is 39.5 Å². The molecule has 6 heteroatoms. The molecular weight excluding hydrogens is 208 g/mol. The summed E-state index contributed by atoms with van der Waals surface area (Å²) in [6.07, 6.45) is 0.653. The van der Waals surface area contributed by atoms with Crippen molar-refractivity contribution in [3.8, 4) is 0 Å². The lowest BCUT2D eigenvalue weighted by molar-refractivity contribution is 0.0820. The van der Waals surface area contributed by atoms with Gasteiger partial charge >= 0.3 is 0 Å². The lowest BCUT2D eigenvalue weighted by atomic mass is 10.1. The molecule has 0 amide bonds. The van der Waals surface area contributed by atoms with Crippen LogP contribution in [0.15, 0.2) is 0 Å². The van der Waals surface area contributed by atoms with Crippen LogP contribution in [0.5, 0.6) is 0 Å². The zero-order valence-electron chi connectivity index (χ0n) is 8.47. The molecule has 0 aromatic heterocycles. The lowest BCUT2D eigenvalue weighted by Gasteiger charge is -2.20. The molecule has 0 aliphatic carbocycles. The zero-order chi connectivity index (χ0) is 11.2. The van der Waals surface area contributed by atoms with Crippen LogP contribution in [0, 0.1) is 0 Å². The first-order valence-corrected chi connectivity index (χ1v) is 6.04. The Morgan fingerprint density at radius 3 is 2.36 bits per heavy atom. The summed E-state index contributed by atoms with van der Waals surface area (Å²) in [4.78, 5) is 0. The summed E-state index contributed by atoms with van der Waals surface area (Å²) >= 11 is 0. The number of aliphatic hydroxyl groups is 1. The molecule has 1 N–H and O–H groups in total. The molecule has 0 spiro atoms. The van der Waals surface area contributed by atoms with Crippen LogP contribution < -0.4 is 0 Å². The van der Waals surface area contributed by atoms with Crippen LogP contribution in [0.3, 0.4) is 0 Å². The maximum Gasteiger partial charge on any atom is 0.217 e. The quantitative estimate of drug-likeness (QED) is 0.511. The Labute approximate surface area is 85.0 Å². The third-order valence-corrected chi connectivity index (χ3v) is 2.37. The number of aliphatic hydroxyl groups excluding tert-OH is 1.